The van der Waals surface area contributed by atoms with E-state index in [-0.39, 0.29) is 5.97 Å². The van der Waals surface area contributed by atoms with Crippen LogP contribution in [0.1, 0.15) is 36.0 Å². The molecule has 0 fully saturated rings. The van der Waals surface area contributed by atoms with Crippen molar-refractivity contribution >= 4 is 5.97 Å². The second kappa shape index (κ2) is 9.61. The normalized spacial score (nSPS) is 10.2. The monoisotopic (exact) mass is 298 g/mol. The molecule has 0 aromatic heterocycles. The lowest BCUT2D eigenvalue weighted by Gasteiger charge is -2.06. The number of benzene rings is 2. The molecule has 0 spiro atoms. The zero-order valence-corrected chi connectivity index (χ0v) is 12.7. The highest BCUT2D eigenvalue weighted by Crippen LogP contribution is 2.10. The molecule has 116 valence electrons. The predicted molar refractivity (Wildman–Crippen MR) is 87.1 cm³/mol. The maximum atomic E-state index is 11.7. The van der Waals surface area contributed by atoms with E-state index in [9.17, 15) is 4.79 Å². The molecule has 2 rings (SSSR count). The highest BCUT2D eigenvalue weighted by Gasteiger charge is 2.04. The quantitative estimate of drug-likeness (QED) is 0.505. The Morgan fingerprint density at radius 1 is 0.727 bits per heavy atom. The summed E-state index contributed by atoms with van der Waals surface area (Å²) in [4.78, 5) is 11.7. The van der Waals surface area contributed by atoms with Gasteiger partial charge in [-0.15, -0.1) is 0 Å². The molecule has 3 nitrogen and oxygen atoms in total. The zero-order valence-electron chi connectivity index (χ0n) is 12.7. The van der Waals surface area contributed by atoms with Crippen molar-refractivity contribution in [2.24, 2.45) is 0 Å². The Morgan fingerprint density at radius 2 is 1.32 bits per heavy atom. The smallest absolute Gasteiger partial charge is 0.338 e. The summed E-state index contributed by atoms with van der Waals surface area (Å²) in [5.41, 5.74) is 0.610. The molecule has 0 unspecified atom stereocenters. The molecule has 0 heterocycles. The molecule has 2 aromatic carbocycles. The minimum atomic E-state index is -0.243. The van der Waals surface area contributed by atoms with Crippen molar-refractivity contribution < 1.29 is 14.3 Å². The number of para-hydroxylation sites is 1. The fraction of sp³-hybridized carbons (Fsp3) is 0.316. The van der Waals surface area contributed by atoms with Gasteiger partial charge >= 0.3 is 5.97 Å². The Hall–Kier alpha value is -2.29. The van der Waals surface area contributed by atoms with E-state index < -0.39 is 0 Å². The first-order chi connectivity index (χ1) is 10.9. The molecule has 0 radical (unpaired) electrons. The summed E-state index contributed by atoms with van der Waals surface area (Å²) in [5, 5.41) is 0. The minimum Gasteiger partial charge on any atom is -0.494 e. The van der Waals surface area contributed by atoms with E-state index in [1.807, 2.05) is 48.5 Å². The number of unbranched alkanes of at least 4 members (excludes halogenated alkanes) is 3. The molecule has 3 heteroatoms. The Labute approximate surface area is 131 Å². The van der Waals surface area contributed by atoms with E-state index in [1.165, 1.54) is 0 Å². The van der Waals surface area contributed by atoms with E-state index in [4.69, 9.17) is 9.47 Å². The summed E-state index contributed by atoms with van der Waals surface area (Å²) in [6, 6.07) is 18.9. The Bertz CT molecular complexity index is 537. The van der Waals surface area contributed by atoms with Crippen LogP contribution < -0.4 is 4.74 Å². The van der Waals surface area contributed by atoms with Crippen LogP contribution in [0.5, 0.6) is 5.75 Å². The molecule has 0 aliphatic heterocycles. The van der Waals surface area contributed by atoms with Crippen molar-refractivity contribution in [3.8, 4) is 5.75 Å². The van der Waals surface area contributed by atoms with Crippen LogP contribution in [0.25, 0.3) is 0 Å². The molecule has 0 amide bonds. The van der Waals surface area contributed by atoms with Crippen LogP contribution in [0.2, 0.25) is 0 Å². The number of carbonyl (C=O) groups is 1. The van der Waals surface area contributed by atoms with Crippen LogP contribution in [-0.4, -0.2) is 19.2 Å². The first-order valence-electron chi connectivity index (χ1n) is 7.76. The first kappa shape index (κ1) is 16.1. The van der Waals surface area contributed by atoms with Gasteiger partial charge in [0.05, 0.1) is 18.8 Å². The van der Waals surface area contributed by atoms with E-state index in [0.717, 1.165) is 38.0 Å². The topological polar surface area (TPSA) is 35.5 Å². The van der Waals surface area contributed by atoms with Crippen molar-refractivity contribution in [2.45, 2.75) is 25.7 Å². The van der Waals surface area contributed by atoms with Crippen LogP contribution >= 0.6 is 0 Å². The zero-order chi connectivity index (χ0) is 15.5. The third kappa shape index (κ3) is 6.00. The maximum absolute atomic E-state index is 11.7. The van der Waals surface area contributed by atoms with E-state index >= 15 is 0 Å². The van der Waals surface area contributed by atoms with Gasteiger partial charge in [-0.1, -0.05) is 36.4 Å². The van der Waals surface area contributed by atoms with Gasteiger partial charge in [-0.25, -0.2) is 4.79 Å². The van der Waals surface area contributed by atoms with Crippen molar-refractivity contribution in [2.75, 3.05) is 13.2 Å². The summed E-state index contributed by atoms with van der Waals surface area (Å²) in [5.74, 6) is 0.673. The van der Waals surface area contributed by atoms with Gasteiger partial charge in [0.25, 0.3) is 0 Å². The average molecular weight is 298 g/mol. The molecule has 0 aliphatic carbocycles. The highest BCUT2D eigenvalue weighted by atomic mass is 16.5. The van der Waals surface area contributed by atoms with Crippen molar-refractivity contribution in [3.63, 3.8) is 0 Å². The Balaban J connectivity index is 1.47. The average Bonchev–Trinajstić information content (AvgIpc) is 2.59. The second-order valence-corrected chi connectivity index (χ2v) is 5.08. The van der Waals surface area contributed by atoms with Gasteiger partial charge in [0.15, 0.2) is 0 Å². The summed E-state index contributed by atoms with van der Waals surface area (Å²) < 4.78 is 10.9. The van der Waals surface area contributed by atoms with Gasteiger partial charge in [-0.2, -0.15) is 0 Å². The van der Waals surface area contributed by atoms with Gasteiger partial charge < -0.3 is 9.47 Å². The van der Waals surface area contributed by atoms with Gasteiger partial charge in [-0.05, 0) is 49.9 Å². The third-order valence-corrected chi connectivity index (χ3v) is 3.29. The number of carbonyl (C=O) groups excluding carboxylic acids is 1. The maximum Gasteiger partial charge on any atom is 0.338 e. The predicted octanol–water partition coefficient (Wildman–Crippen LogP) is 4.48. The summed E-state index contributed by atoms with van der Waals surface area (Å²) >= 11 is 0. The second-order valence-electron chi connectivity index (χ2n) is 5.08. The molecule has 0 saturated carbocycles. The number of ether oxygens (including phenoxy) is 2. The lowest BCUT2D eigenvalue weighted by Crippen LogP contribution is -2.06. The standard InChI is InChI=1S/C19H22O3/c20-19(17-11-5-3-6-12-17)22-16-10-2-1-9-15-21-18-13-7-4-8-14-18/h3-8,11-14H,1-2,9-10,15-16H2. The van der Waals surface area contributed by atoms with Gasteiger partial charge in [-0.3, -0.25) is 0 Å². The van der Waals surface area contributed by atoms with Crippen LogP contribution in [0, 0.1) is 0 Å². The molecular formula is C19H22O3. The third-order valence-electron chi connectivity index (χ3n) is 3.29. The van der Waals surface area contributed by atoms with E-state index in [1.54, 1.807) is 12.1 Å². The summed E-state index contributed by atoms with van der Waals surface area (Å²) in [6.07, 6.45) is 4.03. The van der Waals surface area contributed by atoms with Gasteiger partial charge in [0.2, 0.25) is 0 Å². The number of hydrogen-bond acceptors (Lipinski definition) is 3. The molecule has 0 saturated heterocycles. The Morgan fingerprint density at radius 3 is 2.00 bits per heavy atom. The molecule has 0 atom stereocenters. The summed E-state index contributed by atoms with van der Waals surface area (Å²) in [7, 11) is 0. The fourth-order valence-corrected chi connectivity index (χ4v) is 2.09. The van der Waals surface area contributed by atoms with Crippen molar-refractivity contribution in [1.82, 2.24) is 0 Å². The SMILES string of the molecule is O=C(OCCCCCCOc1ccccc1)c1ccccc1. The number of rotatable bonds is 9. The van der Waals surface area contributed by atoms with Crippen molar-refractivity contribution in [1.29, 1.82) is 0 Å². The fourth-order valence-electron chi connectivity index (χ4n) is 2.09. The van der Waals surface area contributed by atoms with Crippen LogP contribution in [0.15, 0.2) is 60.7 Å². The molecule has 2 aromatic rings. The van der Waals surface area contributed by atoms with E-state index in [2.05, 4.69) is 0 Å². The molecular weight excluding hydrogens is 276 g/mol. The van der Waals surface area contributed by atoms with Gasteiger partial charge in [0, 0.05) is 0 Å². The first-order valence-corrected chi connectivity index (χ1v) is 7.76. The van der Waals surface area contributed by atoms with E-state index in [0.29, 0.717) is 12.2 Å². The molecule has 0 N–H and O–H groups in total. The number of esters is 1. The van der Waals surface area contributed by atoms with Gasteiger partial charge in [0.1, 0.15) is 5.75 Å². The summed E-state index contributed by atoms with van der Waals surface area (Å²) in [6.45, 7) is 1.21. The Kier molecular flexibility index (Phi) is 7.03. The largest absolute Gasteiger partial charge is 0.494 e. The van der Waals surface area contributed by atoms with Crippen LogP contribution in [-0.2, 0) is 4.74 Å². The number of hydrogen-bond donors (Lipinski definition) is 0. The lowest BCUT2D eigenvalue weighted by atomic mass is 10.2. The van der Waals surface area contributed by atoms with Crippen molar-refractivity contribution in [3.05, 3.63) is 66.2 Å². The lowest BCUT2D eigenvalue weighted by molar-refractivity contribution is 0.0497. The van der Waals surface area contributed by atoms with Crippen LogP contribution in [0.3, 0.4) is 0 Å². The molecule has 0 bridgehead atoms. The molecule has 0 aliphatic rings. The van der Waals surface area contributed by atoms with Crippen LogP contribution in [0.4, 0.5) is 0 Å². The minimum absolute atomic E-state index is 0.243. The molecule has 22 heavy (non-hydrogen) atoms. The highest BCUT2D eigenvalue weighted by molar-refractivity contribution is 5.89.